The summed E-state index contributed by atoms with van der Waals surface area (Å²) in [5.41, 5.74) is 2.11. The number of benzene rings is 4. The van der Waals surface area contributed by atoms with Crippen LogP contribution in [0.3, 0.4) is 0 Å². The zero-order valence-corrected chi connectivity index (χ0v) is 74.6. The van der Waals surface area contributed by atoms with Crippen molar-refractivity contribution in [2.45, 2.75) is 289 Å². The van der Waals surface area contributed by atoms with Crippen molar-refractivity contribution >= 4 is 48.3 Å². The van der Waals surface area contributed by atoms with Gasteiger partial charge in [-0.2, -0.15) is 0 Å². The van der Waals surface area contributed by atoms with E-state index in [1.807, 2.05) is 190 Å². The Kier molecular flexibility index (Phi) is 31.1. The van der Waals surface area contributed by atoms with Crippen LogP contribution in [0.15, 0.2) is 97.1 Å². The van der Waals surface area contributed by atoms with Crippen molar-refractivity contribution in [3.8, 4) is 0 Å². The molecule has 22 nitrogen and oxygen atoms in total. The van der Waals surface area contributed by atoms with E-state index in [9.17, 15) is 38.4 Å². The van der Waals surface area contributed by atoms with E-state index in [2.05, 4.69) is 82.6 Å². The molecular formula is C94H140N6O16. The molecular weight excluding hydrogens is 1470 g/mol. The maximum Gasteiger partial charge on any atom is 0.410 e. The molecule has 4 aliphatic heterocycles. The highest BCUT2D eigenvalue weighted by Gasteiger charge is 2.45. The highest BCUT2D eigenvalue weighted by Crippen LogP contribution is 2.37. The molecule has 4 amide bonds. The van der Waals surface area contributed by atoms with E-state index < -0.39 is 92.9 Å². The van der Waals surface area contributed by atoms with Crippen LogP contribution < -0.4 is 0 Å². The van der Waals surface area contributed by atoms with E-state index in [1.54, 1.807) is 19.6 Å². The molecule has 0 aliphatic carbocycles. The Bertz CT molecular complexity index is 3500. The van der Waals surface area contributed by atoms with Crippen LogP contribution >= 0.6 is 0 Å². The van der Waals surface area contributed by atoms with E-state index in [0.29, 0.717) is 143 Å². The highest BCUT2D eigenvalue weighted by molar-refractivity contribution is 5.77. The number of esters is 4. The third-order valence-corrected chi connectivity index (χ3v) is 20.8. The minimum atomic E-state index is -0.753. The molecule has 0 spiro atoms. The fourth-order valence-electron chi connectivity index (χ4n) is 15.9. The topological polar surface area (TPSA) is 230 Å². The maximum atomic E-state index is 14.5. The van der Waals surface area contributed by atoms with Crippen LogP contribution in [0.25, 0.3) is 0 Å². The minimum absolute atomic E-state index is 0.185. The standard InChI is InChI=1S/C94H140N6O16/c1-87(2,3)109-79(101)75(71-37-41-97(59-71)83(105)113-91(13,14)15)51-63-29-25-33-67(47-63)55-95(56-68-34-26-30-64(48-68)52-76(80(102)110-88(4,5)6)72-38-42-98(60-72)84(106)114-92(16,17)18)45-46-96(57-69-35-27-31-65(49-69)53-77(81(103)111-89(7,8)9)73-39-43-99(61-73)85(107)115-93(19,20)21)58-70-36-28-32-66(50-70)54-78(82(104)112-90(10,11)12)74-40-44-100(62-74)86(108)116-94(22,23)24/h25-36,47-50,71-78H,37-46,51-62H2,1-24H3/t71-,72-,73-,74-,75-,76-,77-,78-/m0/s1. The predicted octanol–water partition coefficient (Wildman–Crippen LogP) is 17.4. The third-order valence-electron chi connectivity index (χ3n) is 20.8. The van der Waals surface area contributed by atoms with Crippen molar-refractivity contribution in [3.05, 3.63) is 142 Å². The summed E-state index contributed by atoms with van der Waals surface area (Å²) in [6.07, 6.45) is 2.34. The lowest BCUT2D eigenvalue weighted by molar-refractivity contribution is -0.163. The number of amides is 4. The molecule has 4 aromatic carbocycles. The van der Waals surface area contributed by atoms with Crippen molar-refractivity contribution in [3.63, 3.8) is 0 Å². The van der Waals surface area contributed by atoms with Crippen LogP contribution in [0.5, 0.6) is 0 Å². The van der Waals surface area contributed by atoms with E-state index in [0.717, 1.165) is 44.5 Å². The summed E-state index contributed by atoms with van der Waals surface area (Å²) in [5.74, 6) is -4.23. The lowest BCUT2D eigenvalue weighted by Crippen LogP contribution is -2.38. The van der Waals surface area contributed by atoms with Gasteiger partial charge in [0.15, 0.2) is 0 Å². The number of rotatable bonds is 27. The molecule has 8 rings (SSSR count). The lowest BCUT2D eigenvalue weighted by Gasteiger charge is -2.30. The van der Waals surface area contributed by atoms with Crippen molar-refractivity contribution in [1.82, 2.24) is 29.4 Å². The van der Waals surface area contributed by atoms with Crippen molar-refractivity contribution in [1.29, 1.82) is 0 Å². The summed E-state index contributed by atoms with van der Waals surface area (Å²) in [5, 5.41) is 0. The van der Waals surface area contributed by atoms with E-state index in [1.165, 1.54) is 0 Å². The molecule has 0 bridgehead atoms. The quantitative estimate of drug-likeness (QED) is 0.0399. The molecule has 4 saturated heterocycles. The van der Waals surface area contributed by atoms with Gasteiger partial charge in [0.05, 0.1) is 23.7 Å². The number of carbonyl (C=O) groups excluding carboxylic acids is 8. The van der Waals surface area contributed by atoms with Gasteiger partial charge in [0.2, 0.25) is 0 Å². The van der Waals surface area contributed by atoms with Crippen LogP contribution in [-0.4, -0.2) is 188 Å². The molecule has 8 atom stereocenters. The van der Waals surface area contributed by atoms with Crippen LogP contribution in [0.2, 0.25) is 0 Å². The maximum absolute atomic E-state index is 14.5. The first-order chi connectivity index (χ1) is 53.6. The first kappa shape index (κ1) is 93.3. The molecule has 4 aromatic rings. The summed E-state index contributed by atoms with van der Waals surface area (Å²) in [4.78, 5) is 124. The van der Waals surface area contributed by atoms with Crippen LogP contribution in [0, 0.1) is 47.3 Å². The van der Waals surface area contributed by atoms with E-state index in [-0.39, 0.29) is 47.5 Å². The van der Waals surface area contributed by atoms with E-state index in [4.69, 9.17) is 37.9 Å². The second-order valence-corrected chi connectivity index (χ2v) is 41.0. The van der Waals surface area contributed by atoms with Gasteiger partial charge in [0.1, 0.15) is 44.8 Å². The van der Waals surface area contributed by atoms with Crippen LogP contribution in [0.1, 0.15) is 236 Å². The number of likely N-dealkylation sites (tertiary alicyclic amines) is 4. The normalized spacial score (nSPS) is 19.0. The third kappa shape index (κ3) is 31.2. The molecule has 22 heteroatoms. The van der Waals surface area contributed by atoms with Gasteiger partial charge in [-0.3, -0.25) is 29.0 Å². The first-order valence-electron chi connectivity index (χ1n) is 42.2. The van der Waals surface area contributed by atoms with Gasteiger partial charge in [-0.25, -0.2) is 19.2 Å². The van der Waals surface area contributed by atoms with Crippen molar-refractivity contribution in [2.24, 2.45) is 47.3 Å². The Balaban J connectivity index is 1.18. The summed E-state index contributed by atoms with van der Waals surface area (Å²) < 4.78 is 47.9. The average molecular weight is 1610 g/mol. The average Bonchev–Trinajstić information content (AvgIpc) is 1.62. The van der Waals surface area contributed by atoms with Crippen molar-refractivity contribution in [2.75, 3.05) is 65.4 Å². The molecule has 0 saturated carbocycles. The number of nitrogens with zero attached hydrogens (tertiary/aromatic N) is 6. The van der Waals surface area contributed by atoms with Gasteiger partial charge in [-0.05, 0) is 286 Å². The van der Waals surface area contributed by atoms with Gasteiger partial charge in [0.25, 0.3) is 0 Å². The number of carbonyl (C=O) groups is 8. The van der Waals surface area contributed by atoms with Crippen molar-refractivity contribution < 1.29 is 76.3 Å². The predicted molar refractivity (Wildman–Crippen MR) is 450 cm³/mol. The first-order valence-corrected chi connectivity index (χ1v) is 42.2. The van der Waals surface area contributed by atoms with Gasteiger partial charge in [-0.1, -0.05) is 97.1 Å². The second-order valence-electron chi connectivity index (χ2n) is 41.0. The molecule has 4 aliphatic rings. The number of hydrogen-bond donors (Lipinski definition) is 0. The lowest BCUT2D eigenvalue weighted by atomic mass is 9.85. The van der Waals surface area contributed by atoms with E-state index >= 15 is 0 Å². The molecule has 0 aromatic heterocycles. The Morgan fingerprint density at radius 1 is 0.284 bits per heavy atom. The highest BCUT2D eigenvalue weighted by atomic mass is 16.6. The zero-order valence-electron chi connectivity index (χ0n) is 74.6. The van der Waals surface area contributed by atoms with Gasteiger partial charge in [0, 0.05) is 91.6 Å². The SMILES string of the molecule is CC(C)(C)OC(=O)[C@@H](Cc1cccc(CN(CCN(Cc2cccc(C[C@H](C(=O)OC(C)(C)C)[C@H]3CCN(C(=O)OC(C)(C)C)C3)c2)Cc2cccc(C[C@H](C(=O)OC(C)(C)C)[C@H]3CCN(C(=O)OC(C)(C)C)C3)c2)Cc2cccc(C[C@H](C(=O)OC(C)(C)C)[C@H]3CCN(C(=O)OC(C)(C)C)C3)c2)c1)[C@H]1CCN(C(=O)OC(C)(C)C)C1. The molecule has 0 N–H and O–H groups in total. The fourth-order valence-corrected chi connectivity index (χ4v) is 15.9. The van der Waals surface area contributed by atoms with Gasteiger partial charge in [-0.15, -0.1) is 0 Å². The van der Waals surface area contributed by atoms with Crippen LogP contribution in [0.4, 0.5) is 19.2 Å². The monoisotopic (exact) mass is 1610 g/mol. The van der Waals surface area contributed by atoms with Gasteiger partial charge >= 0.3 is 48.3 Å². The number of ether oxygens (including phenoxy) is 8. The summed E-state index contributed by atoms with van der Waals surface area (Å²) in [6, 6.07) is 33.6. The molecule has 4 fully saturated rings. The summed E-state index contributed by atoms with van der Waals surface area (Å²) >= 11 is 0. The molecule has 0 unspecified atom stereocenters. The van der Waals surface area contributed by atoms with Crippen LogP contribution in [-0.2, 0) is 109 Å². The Morgan fingerprint density at radius 3 is 0.629 bits per heavy atom. The molecule has 642 valence electrons. The largest absolute Gasteiger partial charge is 0.460 e. The molecule has 116 heavy (non-hydrogen) atoms. The zero-order chi connectivity index (χ0) is 85.8. The Hall–Kier alpha value is -8.24. The Labute approximate surface area is 693 Å². The Morgan fingerprint density at radius 2 is 0.457 bits per heavy atom. The fraction of sp³-hybridized carbons (Fsp3) is 0.660. The minimum Gasteiger partial charge on any atom is -0.460 e. The summed E-state index contributed by atoms with van der Waals surface area (Å²) in [7, 11) is 0. The smallest absolute Gasteiger partial charge is 0.410 e. The second kappa shape index (κ2) is 38.7. The molecule has 4 heterocycles. The number of hydrogen-bond acceptors (Lipinski definition) is 18. The van der Waals surface area contributed by atoms with Gasteiger partial charge < -0.3 is 57.5 Å². The summed E-state index contributed by atoms with van der Waals surface area (Å²) in [6.45, 7) is 50.9. The molecule has 0 radical (unpaired) electrons.